The van der Waals surface area contributed by atoms with Gasteiger partial charge in [-0.2, -0.15) is 0 Å². The molecule has 6 heteroatoms. The Bertz CT molecular complexity index is 975. The molecule has 0 atom stereocenters. The number of ether oxygens (including phenoxy) is 2. The third-order valence-electron chi connectivity index (χ3n) is 4.25. The lowest BCUT2D eigenvalue weighted by molar-refractivity contribution is -0.142. The van der Waals surface area contributed by atoms with Gasteiger partial charge in [0, 0.05) is 33.9 Å². The third-order valence-corrected chi connectivity index (χ3v) is 4.25. The summed E-state index contributed by atoms with van der Waals surface area (Å²) in [7, 11) is 1.30. The predicted molar refractivity (Wildman–Crippen MR) is 99.7 cm³/mol. The van der Waals surface area contributed by atoms with Gasteiger partial charge in [0.05, 0.1) is 7.11 Å². The molecule has 3 aromatic rings. The Labute approximate surface area is 151 Å². The van der Waals surface area contributed by atoms with E-state index in [0.29, 0.717) is 17.0 Å². The number of aryl methyl sites for hydroxylation is 2. The topological polar surface area (TPSA) is 80.4 Å². The minimum Gasteiger partial charge on any atom is -0.482 e. The van der Waals surface area contributed by atoms with Gasteiger partial charge in [0.1, 0.15) is 5.75 Å². The van der Waals surface area contributed by atoms with Crippen molar-refractivity contribution in [1.29, 1.82) is 0 Å². The Kier molecular flexibility index (Phi) is 4.93. The van der Waals surface area contributed by atoms with Crippen LogP contribution in [0.3, 0.4) is 0 Å². The van der Waals surface area contributed by atoms with Crippen LogP contribution in [0.4, 0.5) is 5.69 Å². The molecule has 1 aromatic heterocycles. The van der Waals surface area contributed by atoms with Crippen LogP contribution in [0, 0.1) is 13.8 Å². The van der Waals surface area contributed by atoms with Crippen LogP contribution in [0.5, 0.6) is 5.75 Å². The monoisotopic (exact) mass is 352 g/mol. The molecule has 0 spiro atoms. The van der Waals surface area contributed by atoms with Gasteiger partial charge in [-0.1, -0.05) is 6.07 Å². The number of aromatic amines is 1. The summed E-state index contributed by atoms with van der Waals surface area (Å²) in [5.74, 6) is -0.207. The lowest BCUT2D eigenvalue weighted by Crippen LogP contribution is -2.13. The van der Waals surface area contributed by atoms with Gasteiger partial charge in [-0.15, -0.1) is 0 Å². The molecule has 26 heavy (non-hydrogen) atoms. The standard InChI is InChI=1S/C20H20N2O4/c1-12-13(2)21-18-8-7-14(9-17(12)18)20(24)22-15-5-4-6-16(10-15)26-11-19(23)25-3/h4-10,21H,11H2,1-3H3,(H,22,24). The van der Waals surface area contributed by atoms with E-state index in [1.807, 2.05) is 26.0 Å². The number of hydrogen-bond donors (Lipinski definition) is 2. The highest BCUT2D eigenvalue weighted by Gasteiger charge is 2.11. The van der Waals surface area contributed by atoms with Gasteiger partial charge in [-0.3, -0.25) is 4.79 Å². The minimum atomic E-state index is -0.468. The Balaban J connectivity index is 1.75. The van der Waals surface area contributed by atoms with Gasteiger partial charge >= 0.3 is 5.97 Å². The fraction of sp³-hybridized carbons (Fsp3) is 0.200. The zero-order chi connectivity index (χ0) is 18.7. The molecule has 2 N–H and O–H groups in total. The van der Waals surface area contributed by atoms with E-state index in [4.69, 9.17) is 4.74 Å². The van der Waals surface area contributed by atoms with Crippen LogP contribution in [0.1, 0.15) is 21.6 Å². The molecule has 0 aliphatic carbocycles. The lowest BCUT2D eigenvalue weighted by atomic mass is 10.1. The first-order valence-corrected chi connectivity index (χ1v) is 8.18. The van der Waals surface area contributed by atoms with Crippen LogP contribution in [0.2, 0.25) is 0 Å². The maximum absolute atomic E-state index is 12.6. The Morgan fingerprint density at radius 1 is 1.12 bits per heavy atom. The molecule has 1 heterocycles. The second-order valence-electron chi connectivity index (χ2n) is 5.98. The number of rotatable bonds is 5. The zero-order valence-electron chi connectivity index (χ0n) is 14.9. The highest BCUT2D eigenvalue weighted by molar-refractivity contribution is 6.06. The molecule has 0 saturated carbocycles. The first-order chi connectivity index (χ1) is 12.5. The second-order valence-corrected chi connectivity index (χ2v) is 5.98. The molecule has 0 aliphatic rings. The number of aromatic nitrogens is 1. The van der Waals surface area contributed by atoms with Crippen LogP contribution in [0.15, 0.2) is 42.5 Å². The summed E-state index contributed by atoms with van der Waals surface area (Å²) in [6, 6.07) is 12.4. The number of benzene rings is 2. The third kappa shape index (κ3) is 3.69. The van der Waals surface area contributed by atoms with Gasteiger partial charge in [-0.25, -0.2) is 4.79 Å². The number of nitrogens with one attached hydrogen (secondary N) is 2. The van der Waals surface area contributed by atoms with E-state index < -0.39 is 5.97 Å². The van der Waals surface area contributed by atoms with E-state index in [1.54, 1.807) is 30.3 Å². The van der Waals surface area contributed by atoms with Crippen LogP contribution >= 0.6 is 0 Å². The molecule has 3 rings (SSSR count). The van der Waals surface area contributed by atoms with Crippen molar-refractivity contribution in [3.63, 3.8) is 0 Å². The number of methoxy groups -OCH3 is 1. The summed E-state index contributed by atoms with van der Waals surface area (Å²) in [6.45, 7) is 3.85. The normalized spacial score (nSPS) is 10.6. The van der Waals surface area contributed by atoms with E-state index in [-0.39, 0.29) is 12.5 Å². The number of fused-ring (bicyclic) bond motifs is 1. The smallest absolute Gasteiger partial charge is 0.343 e. The molecule has 0 unspecified atom stereocenters. The average Bonchev–Trinajstić information content (AvgIpc) is 2.93. The first kappa shape index (κ1) is 17.5. The number of amides is 1. The van der Waals surface area contributed by atoms with E-state index in [2.05, 4.69) is 15.0 Å². The van der Waals surface area contributed by atoms with Crippen molar-refractivity contribution < 1.29 is 19.1 Å². The Hall–Kier alpha value is -3.28. The maximum Gasteiger partial charge on any atom is 0.343 e. The molecule has 2 aromatic carbocycles. The molecule has 0 aliphatic heterocycles. The van der Waals surface area contributed by atoms with Crippen LogP contribution in [-0.4, -0.2) is 30.6 Å². The molecular formula is C20H20N2O4. The Morgan fingerprint density at radius 2 is 1.92 bits per heavy atom. The molecular weight excluding hydrogens is 332 g/mol. The predicted octanol–water partition coefficient (Wildman–Crippen LogP) is 3.59. The van der Waals surface area contributed by atoms with Gasteiger partial charge in [-0.05, 0) is 49.7 Å². The van der Waals surface area contributed by atoms with Gasteiger partial charge < -0.3 is 19.8 Å². The molecule has 1 amide bonds. The summed E-state index contributed by atoms with van der Waals surface area (Å²) in [6.07, 6.45) is 0. The SMILES string of the molecule is COC(=O)COc1cccc(NC(=O)c2ccc3[nH]c(C)c(C)c3c2)c1. The number of carbonyl (C=O) groups is 2. The summed E-state index contributed by atoms with van der Waals surface area (Å²) >= 11 is 0. The van der Waals surface area contributed by atoms with Crippen molar-refractivity contribution in [3.8, 4) is 5.75 Å². The zero-order valence-corrected chi connectivity index (χ0v) is 14.9. The Morgan fingerprint density at radius 3 is 2.69 bits per heavy atom. The molecule has 6 nitrogen and oxygen atoms in total. The molecule has 0 saturated heterocycles. The van der Waals surface area contributed by atoms with Gasteiger partial charge in [0.25, 0.3) is 5.91 Å². The summed E-state index contributed by atoms with van der Waals surface area (Å²) in [5.41, 5.74) is 4.38. The van der Waals surface area contributed by atoms with E-state index in [0.717, 1.165) is 22.2 Å². The minimum absolute atomic E-state index is 0.184. The number of hydrogen-bond acceptors (Lipinski definition) is 4. The average molecular weight is 352 g/mol. The number of carbonyl (C=O) groups excluding carboxylic acids is 2. The lowest BCUT2D eigenvalue weighted by Gasteiger charge is -2.09. The quantitative estimate of drug-likeness (QED) is 0.688. The fourth-order valence-electron chi connectivity index (χ4n) is 2.67. The summed E-state index contributed by atoms with van der Waals surface area (Å²) in [4.78, 5) is 27.0. The van der Waals surface area contributed by atoms with Crippen molar-refractivity contribution in [3.05, 3.63) is 59.3 Å². The van der Waals surface area contributed by atoms with E-state index in [1.165, 1.54) is 7.11 Å². The fourth-order valence-corrected chi connectivity index (χ4v) is 2.67. The number of esters is 1. The van der Waals surface area contributed by atoms with Crippen molar-refractivity contribution in [1.82, 2.24) is 4.98 Å². The maximum atomic E-state index is 12.6. The van der Waals surface area contributed by atoms with Crippen LogP contribution in [-0.2, 0) is 9.53 Å². The first-order valence-electron chi connectivity index (χ1n) is 8.18. The molecule has 0 fully saturated rings. The summed E-state index contributed by atoms with van der Waals surface area (Å²) < 4.78 is 9.87. The highest BCUT2D eigenvalue weighted by atomic mass is 16.6. The van der Waals surface area contributed by atoms with Crippen molar-refractivity contribution in [2.75, 3.05) is 19.0 Å². The van der Waals surface area contributed by atoms with Crippen molar-refractivity contribution in [2.24, 2.45) is 0 Å². The summed E-state index contributed by atoms with van der Waals surface area (Å²) in [5, 5.41) is 3.88. The van der Waals surface area contributed by atoms with E-state index in [9.17, 15) is 9.59 Å². The van der Waals surface area contributed by atoms with Crippen LogP contribution in [0.25, 0.3) is 10.9 Å². The highest BCUT2D eigenvalue weighted by Crippen LogP contribution is 2.23. The van der Waals surface area contributed by atoms with Crippen molar-refractivity contribution >= 4 is 28.5 Å². The molecule has 0 radical (unpaired) electrons. The molecule has 134 valence electrons. The van der Waals surface area contributed by atoms with Gasteiger partial charge in [0.15, 0.2) is 6.61 Å². The molecule has 0 bridgehead atoms. The number of H-pyrrole nitrogens is 1. The second kappa shape index (κ2) is 7.31. The van der Waals surface area contributed by atoms with Crippen molar-refractivity contribution in [2.45, 2.75) is 13.8 Å². The van der Waals surface area contributed by atoms with E-state index >= 15 is 0 Å². The van der Waals surface area contributed by atoms with Crippen LogP contribution < -0.4 is 10.1 Å². The largest absolute Gasteiger partial charge is 0.482 e. The van der Waals surface area contributed by atoms with Gasteiger partial charge in [0.2, 0.25) is 0 Å². The number of anilines is 1.